The first-order valence-corrected chi connectivity index (χ1v) is 6.10. The van der Waals surface area contributed by atoms with Gasteiger partial charge in [0.2, 0.25) is 0 Å². The minimum absolute atomic E-state index is 0.0185. The van der Waals surface area contributed by atoms with E-state index in [2.05, 4.69) is 36.3 Å². The van der Waals surface area contributed by atoms with E-state index in [0.717, 1.165) is 11.8 Å². The Labute approximate surface area is 111 Å². The molecule has 0 radical (unpaired) electrons. The number of H-pyrrole nitrogens is 1. The van der Waals surface area contributed by atoms with E-state index in [4.69, 9.17) is 0 Å². The maximum Gasteiger partial charge on any atom is 0.168 e. The summed E-state index contributed by atoms with van der Waals surface area (Å²) in [5.41, 5.74) is 1.38. The summed E-state index contributed by atoms with van der Waals surface area (Å²) in [6, 6.07) is 5.79. The van der Waals surface area contributed by atoms with Gasteiger partial charge in [-0.3, -0.25) is 5.10 Å². The number of nitrogens with zero attached hydrogens (tertiary/aromatic N) is 1. The molecule has 0 spiro atoms. The molecule has 3 nitrogen and oxygen atoms in total. The SMILES string of the molecule is CC(C)(C)NCc1cc(-c2cccc(F)c2F)n[nH]1. The van der Waals surface area contributed by atoms with Crippen LogP contribution < -0.4 is 5.32 Å². The number of benzene rings is 1. The van der Waals surface area contributed by atoms with E-state index in [1.54, 1.807) is 6.07 Å². The van der Waals surface area contributed by atoms with Gasteiger partial charge in [-0.05, 0) is 39.0 Å². The molecule has 0 atom stereocenters. The lowest BCUT2D eigenvalue weighted by atomic mass is 10.1. The summed E-state index contributed by atoms with van der Waals surface area (Å²) in [6.45, 7) is 6.75. The first-order chi connectivity index (χ1) is 8.87. The van der Waals surface area contributed by atoms with Crippen LogP contribution in [0.5, 0.6) is 0 Å². The van der Waals surface area contributed by atoms with Gasteiger partial charge in [0.1, 0.15) is 0 Å². The van der Waals surface area contributed by atoms with Gasteiger partial charge in [-0.1, -0.05) is 6.07 Å². The lowest BCUT2D eigenvalue weighted by molar-refractivity contribution is 0.421. The molecule has 102 valence electrons. The lowest BCUT2D eigenvalue weighted by Crippen LogP contribution is -2.35. The average molecular weight is 265 g/mol. The summed E-state index contributed by atoms with van der Waals surface area (Å²) in [7, 11) is 0. The molecule has 1 heterocycles. The molecule has 0 aliphatic heterocycles. The predicted molar refractivity (Wildman–Crippen MR) is 70.5 cm³/mol. The van der Waals surface area contributed by atoms with Gasteiger partial charge >= 0.3 is 0 Å². The Morgan fingerprint density at radius 3 is 2.68 bits per heavy atom. The largest absolute Gasteiger partial charge is 0.306 e. The van der Waals surface area contributed by atoms with Crippen LogP contribution in [0.3, 0.4) is 0 Å². The van der Waals surface area contributed by atoms with Gasteiger partial charge < -0.3 is 5.32 Å². The van der Waals surface area contributed by atoms with Crippen LogP contribution in [-0.2, 0) is 6.54 Å². The van der Waals surface area contributed by atoms with Crippen molar-refractivity contribution >= 4 is 0 Å². The van der Waals surface area contributed by atoms with E-state index < -0.39 is 11.6 Å². The Hall–Kier alpha value is -1.75. The molecule has 0 saturated heterocycles. The van der Waals surface area contributed by atoms with Gasteiger partial charge in [0, 0.05) is 23.3 Å². The summed E-state index contributed by atoms with van der Waals surface area (Å²) in [4.78, 5) is 0. The van der Waals surface area contributed by atoms with Gasteiger partial charge in [0.25, 0.3) is 0 Å². The molecule has 1 aromatic carbocycles. The zero-order valence-electron chi connectivity index (χ0n) is 11.2. The zero-order valence-corrected chi connectivity index (χ0v) is 11.2. The summed E-state index contributed by atoms with van der Waals surface area (Å²) in [5, 5.41) is 10.1. The maximum absolute atomic E-state index is 13.6. The number of halogens is 2. The average Bonchev–Trinajstić information content (AvgIpc) is 2.78. The van der Waals surface area contributed by atoms with Crippen molar-refractivity contribution in [3.05, 3.63) is 41.6 Å². The van der Waals surface area contributed by atoms with Crippen LogP contribution in [0.25, 0.3) is 11.3 Å². The van der Waals surface area contributed by atoms with Crippen molar-refractivity contribution in [2.75, 3.05) is 0 Å². The lowest BCUT2D eigenvalue weighted by Gasteiger charge is -2.19. The van der Waals surface area contributed by atoms with Gasteiger partial charge in [0.05, 0.1) is 5.69 Å². The third-order valence-corrected chi connectivity index (χ3v) is 2.67. The molecular formula is C14H17F2N3. The highest BCUT2D eigenvalue weighted by molar-refractivity contribution is 5.60. The molecule has 2 N–H and O–H groups in total. The van der Waals surface area contributed by atoms with E-state index >= 15 is 0 Å². The fraction of sp³-hybridized carbons (Fsp3) is 0.357. The predicted octanol–water partition coefficient (Wildman–Crippen LogP) is 3.24. The number of hydrogen-bond donors (Lipinski definition) is 2. The molecule has 5 heteroatoms. The van der Waals surface area contributed by atoms with E-state index in [0.29, 0.717) is 12.2 Å². The van der Waals surface area contributed by atoms with Gasteiger partial charge in [0.15, 0.2) is 11.6 Å². The maximum atomic E-state index is 13.6. The van der Waals surface area contributed by atoms with Crippen LogP contribution >= 0.6 is 0 Å². The van der Waals surface area contributed by atoms with E-state index in [-0.39, 0.29) is 11.1 Å². The van der Waals surface area contributed by atoms with Gasteiger partial charge in [-0.25, -0.2) is 8.78 Å². The van der Waals surface area contributed by atoms with Crippen LogP contribution in [0.1, 0.15) is 26.5 Å². The van der Waals surface area contributed by atoms with Crippen molar-refractivity contribution in [3.63, 3.8) is 0 Å². The summed E-state index contributed by atoms with van der Waals surface area (Å²) < 4.78 is 26.8. The second kappa shape index (κ2) is 5.09. The zero-order chi connectivity index (χ0) is 14.0. The Kier molecular flexibility index (Phi) is 3.66. The minimum atomic E-state index is -0.871. The Balaban J connectivity index is 2.19. The second-order valence-corrected chi connectivity index (χ2v) is 5.48. The Bertz CT molecular complexity index is 570. The number of rotatable bonds is 3. The van der Waals surface area contributed by atoms with E-state index in [1.807, 2.05) is 0 Å². The quantitative estimate of drug-likeness (QED) is 0.894. The molecular weight excluding hydrogens is 248 g/mol. The highest BCUT2D eigenvalue weighted by Gasteiger charge is 2.14. The third kappa shape index (κ3) is 3.38. The van der Waals surface area contributed by atoms with Crippen LogP contribution in [0.2, 0.25) is 0 Å². The molecule has 0 saturated carbocycles. The van der Waals surface area contributed by atoms with Crippen molar-refractivity contribution in [1.29, 1.82) is 0 Å². The fourth-order valence-corrected chi connectivity index (χ4v) is 1.65. The van der Waals surface area contributed by atoms with Crippen molar-refractivity contribution in [1.82, 2.24) is 15.5 Å². The normalized spacial score (nSPS) is 11.8. The number of aromatic nitrogens is 2. The molecule has 2 aromatic rings. The summed E-state index contributed by atoms with van der Waals surface area (Å²) >= 11 is 0. The minimum Gasteiger partial charge on any atom is -0.306 e. The summed E-state index contributed by atoms with van der Waals surface area (Å²) in [6.07, 6.45) is 0. The molecule has 0 fully saturated rings. The number of aromatic amines is 1. The van der Waals surface area contributed by atoms with Crippen molar-refractivity contribution in [2.45, 2.75) is 32.9 Å². The van der Waals surface area contributed by atoms with Crippen LogP contribution in [-0.4, -0.2) is 15.7 Å². The molecule has 0 amide bonds. The van der Waals surface area contributed by atoms with E-state index in [1.165, 1.54) is 12.1 Å². The third-order valence-electron chi connectivity index (χ3n) is 2.67. The van der Waals surface area contributed by atoms with Crippen LogP contribution in [0.15, 0.2) is 24.3 Å². The second-order valence-electron chi connectivity index (χ2n) is 5.48. The molecule has 1 aromatic heterocycles. The van der Waals surface area contributed by atoms with Crippen LogP contribution in [0.4, 0.5) is 8.78 Å². The smallest absolute Gasteiger partial charge is 0.168 e. The van der Waals surface area contributed by atoms with Gasteiger partial charge in [-0.15, -0.1) is 0 Å². The number of nitrogens with one attached hydrogen (secondary N) is 2. The van der Waals surface area contributed by atoms with Crippen molar-refractivity contribution in [3.8, 4) is 11.3 Å². The fourth-order valence-electron chi connectivity index (χ4n) is 1.65. The molecule has 19 heavy (non-hydrogen) atoms. The Morgan fingerprint density at radius 2 is 2.00 bits per heavy atom. The number of hydrogen-bond acceptors (Lipinski definition) is 2. The first-order valence-electron chi connectivity index (χ1n) is 6.10. The molecule has 2 rings (SSSR count). The Morgan fingerprint density at radius 1 is 1.26 bits per heavy atom. The first kappa shape index (κ1) is 13.7. The monoisotopic (exact) mass is 265 g/mol. The van der Waals surface area contributed by atoms with Gasteiger partial charge in [-0.2, -0.15) is 5.10 Å². The molecule has 0 unspecified atom stereocenters. The van der Waals surface area contributed by atoms with Crippen LogP contribution in [0, 0.1) is 11.6 Å². The highest BCUT2D eigenvalue weighted by Crippen LogP contribution is 2.23. The molecule has 0 aliphatic rings. The molecule has 0 aliphatic carbocycles. The van der Waals surface area contributed by atoms with Crippen molar-refractivity contribution in [2.24, 2.45) is 0 Å². The van der Waals surface area contributed by atoms with E-state index in [9.17, 15) is 8.78 Å². The van der Waals surface area contributed by atoms with Crippen molar-refractivity contribution < 1.29 is 8.78 Å². The highest BCUT2D eigenvalue weighted by atomic mass is 19.2. The topological polar surface area (TPSA) is 40.7 Å². The molecule has 0 bridgehead atoms. The standard InChI is InChI=1S/C14H17F2N3/c1-14(2,3)17-8-9-7-12(19-18-9)10-5-4-6-11(15)13(10)16/h4-7,17H,8H2,1-3H3,(H,18,19). The summed E-state index contributed by atoms with van der Waals surface area (Å²) in [5.74, 6) is -1.74.